The molecule has 0 fully saturated rings. The van der Waals surface area contributed by atoms with E-state index in [1.54, 1.807) is 0 Å². The Labute approximate surface area is 299 Å². The van der Waals surface area contributed by atoms with Gasteiger partial charge in [0.1, 0.15) is 0 Å². The van der Waals surface area contributed by atoms with E-state index < -0.39 is 0 Å². The molecule has 242 valence electrons. The fourth-order valence-electron chi connectivity index (χ4n) is 8.18. The van der Waals surface area contributed by atoms with Gasteiger partial charge in [0, 0.05) is 38.2 Å². The second-order valence-corrected chi connectivity index (χ2v) is 13.4. The quantitative estimate of drug-likeness (QED) is 0.188. The Morgan fingerprint density at radius 2 is 0.962 bits per heavy atom. The summed E-state index contributed by atoms with van der Waals surface area (Å²) in [7, 11) is 0. The molecule has 0 aliphatic rings. The molecule has 3 aromatic heterocycles. The molecule has 4 nitrogen and oxygen atoms in total. The van der Waals surface area contributed by atoms with Crippen LogP contribution in [0.15, 0.2) is 182 Å². The molecule has 0 radical (unpaired) electrons. The maximum atomic E-state index is 5.27. The lowest BCUT2D eigenvalue weighted by atomic mass is 9.97. The van der Waals surface area contributed by atoms with Crippen molar-refractivity contribution in [3.8, 4) is 34.0 Å². The Hall–Kier alpha value is -7.04. The van der Waals surface area contributed by atoms with E-state index in [0.29, 0.717) is 5.95 Å². The Morgan fingerprint density at radius 3 is 1.79 bits per heavy atom. The molecule has 0 bridgehead atoms. The number of hydrogen-bond acceptors (Lipinski definition) is 2. The van der Waals surface area contributed by atoms with Gasteiger partial charge in [-0.3, -0.25) is 4.57 Å². The minimum atomic E-state index is 0.669. The summed E-state index contributed by atoms with van der Waals surface area (Å²) in [6, 6.07) is 64.9. The number of hydrogen-bond donors (Lipinski definition) is 0. The molecule has 8 aromatic carbocycles. The van der Waals surface area contributed by atoms with Gasteiger partial charge < -0.3 is 4.57 Å². The topological polar surface area (TPSA) is 35.6 Å². The van der Waals surface area contributed by atoms with Crippen molar-refractivity contribution in [3.63, 3.8) is 0 Å². The van der Waals surface area contributed by atoms with Crippen molar-refractivity contribution in [3.05, 3.63) is 182 Å². The van der Waals surface area contributed by atoms with Gasteiger partial charge in [-0.15, -0.1) is 0 Å². The maximum absolute atomic E-state index is 5.27. The summed E-state index contributed by atoms with van der Waals surface area (Å²) in [6.45, 7) is 0. The van der Waals surface area contributed by atoms with Gasteiger partial charge in [-0.05, 0) is 76.5 Å². The zero-order chi connectivity index (χ0) is 34.2. The van der Waals surface area contributed by atoms with E-state index in [4.69, 9.17) is 9.97 Å². The first-order valence-corrected chi connectivity index (χ1v) is 17.7. The average Bonchev–Trinajstić information content (AvgIpc) is 3.74. The van der Waals surface area contributed by atoms with Gasteiger partial charge in [-0.1, -0.05) is 127 Å². The van der Waals surface area contributed by atoms with Crippen LogP contribution >= 0.6 is 0 Å². The van der Waals surface area contributed by atoms with E-state index in [0.717, 1.165) is 33.2 Å². The normalized spacial score (nSPS) is 11.8. The number of fused-ring (bicyclic) bond motifs is 9. The fourth-order valence-corrected chi connectivity index (χ4v) is 8.18. The smallest absolute Gasteiger partial charge is 0.235 e. The summed E-state index contributed by atoms with van der Waals surface area (Å²) in [6.07, 6.45) is 0. The first kappa shape index (κ1) is 28.8. The maximum Gasteiger partial charge on any atom is 0.235 e. The summed E-state index contributed by atoms with van der Waals surface area (Å²) < 4.78 is 4.59. The summed E-state index contributed by atoms with van der Waals surface area (Å²) in [5, 5.41) is 8.35. The molecule has 52 heavy (non-hydrogen) atoms. The second kappa shape index (κ2) is 11.2. The third-order valence-corrected chi connectivity index (χ3v) is 10.5. The Bertz CT molecular complexity index is 3170. The summed E-state index contributed by atoms with van der Waals surface area (Å²) >= 11 is 0. The number of nitrogens with zero attached hydrogens (tertiary/aromatic N) is 4. The van der Waals surface area contributed by atoms with Gasteiger partial charge in [0.05, 0.1) is 33.3 Å². The van der Waals surface area contributed by atoms with Crippen molar-refractivity contribution in [2.24, 2.45) is 0 Å². The number of benzene rings is 8. The predicted octanol–water partition coefficient (Wildman–Crippen LogP) is 12.3. The minimum absolute atomic E-state index is 0.669. The number of aromatic nitrogens is 4. The van der Waals surface area contributed by atoms with Crippen LogP contribution in [0.5, 0.6) is 0 Å². The largest absolute Gasteiger partial charge is 0.309 e. The average molecular weight is 663 g/mol. The number of rotatable bonds is 4. The van der Waals surface area contributed by atoms with Gasteiger partial charge in [0.15, 0.2) is 0 Å². The molecule has 3 heterocycles. The predicted molar refractivity (Wildman–Crippen MR) is 217 cm³/mol. The van der Waals surface area contributed by atoms with Crippen LogP contribution < -0.4 is 0 Å². The van der Waals surface area contributed by atoms with Crippen LogP contribution in [0.4, 0.5) is 0 Å². The highest BCUT2D eigenvalue weighted by atomic mass is 15.2. The Balaban J connectivity index is 1.10. The van der Waals surface area contributed by atoms with Crippen LogP contribution in [0.3, 0.4) is 0 Å². The molecular weight excluding hydrogens is 633 g/mol. The van der Waals surface area contributed by atoms with Crippen LogP contribution in [0.1, 0.15) is 0 Å². The zero-order valence-electron chi connectivity index (χ0n) is 28.1. The first-order valence-electron chi connectivity index (χ1n) is 17.7. The molecule has 0 spiro atoms. The van der Waals surface area contributed by atoms with Gasteiger partial charge in [0.2, 0.25) is 5.95 Å². The van der Waals surface area contributed by atoms with Crippen LogP contribution in [-0.4, -0.2) is 19.1 Å². The lowest BCUT2D eigenvalue weighted by Crippen LogP contribution is -2.03. The molecule has 0 saturated heterocycles. The summed E-state index contributed by atoms with van der Waals surface area (Å²) in [4.78, 5) is 10.4. The molecule has 11 rings (SSSR count). The van der Waals surface area contributed by atoms with Crippen molar-refractivity contribution in [2.75, 3.05) is 0 Å². The highest BCUT2D eigenvalue weighted by Gasteiger charge is 2.19. The van der Waals surface area contributed by atoms with E-state index in [9.17, 15) is 0 Å². The highest BCUT2D eigenvalue weighted by Crippen LogP contribution is 2.40. The van der Waals surface area contributed by atoms with Crippen molar-refractivity contribution < 1.29 is 0 Å². The van der Waals surface area contributed by atoms with Crippen LogP contribution in [0, 0.1) is 0 Å². The molecule has 0 unspecified atom stereocenters. The van der Waals surface area contributed by atoms with Crippen molar-refractivity contribution in [2.45, 2.75) is 0 Å². The van der Waals surface area contributed by atoms with Gasteiger partial charge in [0.25, 0.3) is 0 Å². The zero-order valence-corrected chi connectivity index (χ0v) is 28.1. The Kier molecular flexibility index (Phi) is 6.22. The monoisotopic (exact) mass is 662 g/mol. The standard InChI is InChI=1S/C48H30N4/c1-3-13-31(14-4-1)47-38-18-7-10-20-41(38)49-48(50-47)52-43-22-12-9-19-39(43)46-36-26-23-32(29-34(36)25-28-45(46)52)33-24-27-44-40(30-33)37-17-8-11-21-42(37)51(44)35-15-5-2-6-16-35/h1-30H. The van der Waals surface area contributed by atoms with Gasteiger partial charge in [-0.25, -0.2) is 9.97 Å². The molecule has 0 saturated carbocycles. The highest BCUT2D eigenvalue weighted by molar-refractivity contribution is 6.21. The van der Waals surface area contributed by atoms with Crippen LogP contribution in [0.2, 0.25) is 0 Å². The lowest BCUT2D eigenvalue weighted by molar-refractivity contribution is 1.01. The van der Waals surface area contributed by atoms with Crippen molar-refractivity contribution in [1.29, 1.82) is 0 Å². The number of para-hydroxylation sites is 4. The van der Waals surface area contributed by atoms with Crippen LogP contribution in [0.25, 0.3) is 99.3 Å². The van der Waals surface area contributed by atoms with E-state index >= 15 is 0 Å². The van der Waals surface area contributed by atoms with Crippen molar-refractivity contribution in [1.82, 2.24) is 19.1 Å². The van der Waals surface area contributed by atoms with Crippen LogP contribution in [-0.2, 0) is 0 Å². The minimum Gasteiger partial charge on any atom is -0.309 e. The molecular formula is C48H30N4. The van der Waals surface area contributed by atoms with Gasteiger partial charge in [-0.2, -0.15) is 0 Å². The molecule has 0 aliphatic carbocycles. The molecule has 0 N–H and O–H groups in total. The molecule has 0 atom stereocenters. The van der Waals surface area contributed by atoms with E-state index in [-0.39, 0.29) is 0 Å². The van der Waals surface area contributed by atoms with E-state index in [2.05, 4.69) is 179 Å². The second-order valence-electron chi connectivity index (χ2n) is 13.4. The molecule has 0 amide bonds. The van der Waals surface area contributed by atoms with Gasteiger partial charge >= 0.3 is 0 Å². The third kappa shape index (κ3) is 4.28. The first-order chi connectivity index (χ1) is 25.8. The molecule has 0 aliphatic heterocycles. The van der Waals surface area contributed by atoms with E-state index in [1.165, 1.54) is 60.2 Å². The van der Waals surface area contributed by atoms with E-state index in [1.807, 2.05) is 12.1 Å². The molecule has 11 aromatic rings. The fraction of sp³-hybridized carbons (Fsp3) is 0. The molecule has 4 heteroatoms. The third-order valence-electron chi connectivity index (χ3n) is 10.5. The summed E-state index contributed by atoms with van der Waals surface area (Å²) in [5.74, 6) is 0.669. The SMILES string of the molecule is c1ccc(-c2nc(-n3c4ccccc4c4c5ccc(-c6ccc7c(c6)c6ccccc6n7-c6ccccc6)cc5ccc43)nc3ccccc23)cc1. The summed E-state index contributed by atoms with van der Waals surface area (Å²) in [5.41, 5.74) is 11.1. The van der Waals surface area contributed by atoms with Crippen molar-refractivity contribution >= 4 is 65.3 Å². The lowest BCUT2D eigenvalue weighted by Gasteiger charge is -2.12. The Morgan fingerprint density at radius 1 is 0.346 bits per heavy atom.